The van der Waals surface area contributed by atoms with Gasteiger partial charge in [0.1, 0.15) is 6.29 Å². The lowest BCUT2D eigenvalue weighted by Crippen LogP contribution is -2.26. The van der Waals surface area contributed by atoms with Crippen molar-refractivity contribution in [1.29, 1.82) is 0 Å². The lowest BCUT2D eigenvalue weighted by atomic mass is 10.4. The van der Waals surface area contributed by atoms with Gasteiger partial charge in [0.25, 0.3) is 0 Å². The van der Waals surface area contributed by atoms with Gasteiger partial charge >= 0.3 is 6.09 Å². The number of carbonyl (C=O) groups is 2. The molecule has 0 radical (unpaired) electrons. The highest BCUT2D eigenvalue weighted by Crippen LogP contribution is 2.08. The van der Waals surface area contributed by atoms with Gasteiger partial charge in [0.05, 0.1) is 6.26 Å². The molecule has 0 N–H and O–H groups in total. The summed E-state index contributed by atoms with van der Waals surface area (Å²) in [5.41, 5.74) is 0. The third kappa shape index (κ3) is 2.38. The zero-order valence-corrected chi connectivity index (χ0v) is 6.73. The first-order valence-electron chi connectivity index (χ1n) is 3.90. The van der Waals surface area contributed by atoms with Gasteiger partial charge < -0.3 is 9.64 Å². The van der Waals surface area contributed by atoms with Crippen LogP contribution in [0.3, 0.4) is 0 Å². The summed E-state index contributed by atoms with van der Waals surface area (Å²) in [6, 6.07) is 0. The minimum absolute atomic E-state index is 0.370. The van der Waals surface area contributed by atoms with Gasteiger partial charge in [-0.25, -0.2) is 4.79 Å². The lowest BCUT2D eigenvalue weighted by Gasteiger charge is -2.12. The SMILES string of the molecule is O=C/C=C\OC(=O)N1CCCC1. The molecule has 1 heterocycles. The third-order valence-corrected chi connectivity index (χ3v) is 1.69. The van der Waals surface area contributed by atoms with E-state index in [4.69, 9.17) is 0 Å². The zero-order chi connectivity index (χ0) is 8.81. The summed E-state index contributed by atoms with van der Waals surface area (Å²) in [6.45, 7) is 1.52. The summed E-state index contributed by atoms with van der Waals surface area (Å²) < 4.78 is 4.64. The summed E-state index contributed by atoms with van der Waals surface area (Å²) >= 11 is 0. The van der Waals surface area contributed by atoms with Gasteiger partial charge in [0.2, 0.25) is 0 Å². The van der Waals surface area contributed by atoms with Crippen LogP contribution in [0, 0.1) is 0 Å². The molecule has 1 aliphatic heterocycles. The van der Waals surface area contributed by atoms with Gasteiger partial charge in [-0.05, 0) is 12.8 Å². The molecule has 0 spiro atoms. The number of ether oxygens (including phenoxy) is 1. The number of hydrogen-bond acceptors (Lipinski definition) is 3. The molecule has 1 rings (SSSR count). The minimum Gasteiger partial charge on any atom is -0.418 e. The monoisotopic (exact) mass is 169 g/mol. The van der Waals surface area contributed by atoms with Crippen LogP contribution in [0.4, 0.5) is 4.79 Å². The van der Waals surface area contributed by atoms with Gasteiger partial charge in [0, 0.05) is 19.2 Å². The Labute approximate surface area is 70.8 Å². The molecule has 1 fully saturated rings. The lowest BCUT2D eigenvalue weighted by molar-refractivity contribution is -0.104. The Morgan fingerprint density at radius 1 is 1.33 bits per heavy atom. The number of hydrogen-bond donors (Lipinski definition) is 0. The highest BCUT2D eigenvalue weighted by molar-refractivity contribution is 5.70. The largest absolute Gasteiger partial charge is 0.418 e. The number of carbonyl (C=O) groups excluding carboxylic acids is 2. The van der Waals surface area contributed by atoms with Crippen LogP contribution < -0.4 is 0 Å². The number of aldehydes is 1. The van der Waals surface area contributed by atoms with Gasteiger partial charge in [-0.1, -0.05) is 0 Å². The Hall–Kier alpha value is -1.32. The molecule has 4 nitrogen and oxygen atoms in total. The molecule has 4 heteroatoms. The highest BCUT2D eigenvalue weighted by atomic mass is 16.5. The van der Waals surface area contributed by atoms with Crippen LogP contribution in [0.15, 0.2) is 12.3 Å². The molecular weight excluding hydrogens is 158 g/mol. The Balaban J connectivity index is 2.27. The second-order valence-electron chi connectivity index (χ2n) is 2.54. The maximum atomic E-state index is 11.1. The molecule has 0 aromatic carbocycles. The summed E-state index contributed by atoms with van der Waals surface area (Å²) in [5.74, 6) is 0. The molecule has 0 bridgehead atoms. The molecule has 0 unspecified atom stereocenters. The molecule has 0 aromatic rings. The quantitative estimate of drug-likeness (QED) is 0.351. The maximum absolute atomic E-state index is 11.1. The van der Waals surface area contributed by atoms with Crippen molar-refractivity contribution in [2.24, 2.45) is 0 Å². The van der Waals surface area contributed by atoms with Crippen LogP contribution in [-0.4, -0.2) is 30.4 Å². The first kappa shape index (κ1) is 8.77. The predicted octanol–water partition coefficient (Wildman–Crippen LogP) is 0.931. The molecule has 1 saturated heterocycles. The van der Waals surface area contributed by atoms with E-state index < -0.39 is 0 Å². The van der Waals surface area contributed by atoms with E-state index in [0.29, 0.717) is 6.29 Å². The van der Waals surface area contributed by atoms with Gasteiger partial charge in [-0.2, -0.15) is 0 Å². The second-order valence-corrected chi connectivity index (χ2v) is 2.54. The highest BCUT2D eigenvalue weighted by Gasteiger charge is 2.17. The van der Waals surface area contributed by atoms with E-state index in [1.807, 2.05) is 0 Å². The van der Waals surface area contributed by atoms with Crippen molar-refractivity contribution in [2.45, 2.75) is 12.8 Å². The van der Waals surface area contributed by atoms with Gasteiger partial charge in [0.15, 0.2) is 0 Å². The molecule has 0 aliphatic carbocycles. The average Bonchev–Trinajstić information content (AvgIpc) is 2.56. The normalized spacial score (nSPS) is 16.8. The van der Waals surface area contributed by atoms with Crippen molar-refractivity contribution in [2.75, 3.05) is 13.1 Å². The summed E-state index contributed by atoms with van der Waals surface area (Å²) in [6.07, 6.45) is 4.52. The molecule has 0 saturated carbocycles. The van der Waals surface area contributed by atoms with Crippen LogP contribution in [0.2, 0.25) is 0 Å². The van der Waals surface area contributed by atoms with Crippen LogP contribution >= 0.6 is 0 Å². The number of amides is 1. The van der Waals surface area contributed by atoms with E-state index in [1.54, 1.807) is 4.90 Å². The fourth-order valence-electron chi connectivity index (χ4n) is 1.10. The van der Waals surface area contributed by atoms with Crippen molar-refractivity contribution in [3.05, 3.63) is 12.3 Å². The first-order chi connectivity index (χ1) is 5.84. The van der Waals surface area contributed by atoms with Gasteiger partial charge in [-0.15, -0.1) is 0 Å². The van der Waals surface area contributed by atoms with E-state index >= 15 is 0 Å². The Morgan fingerprint density at radius 2 is 2.00 bits per heavy atom. The van der Waals surface area contributed by atoms with Crippen molar-refractivity contribution >= 4 is 12.4 Å². The number of nitrogens with zero attached hydrogens (tertiary/aromatic N) is 1. The van der Waals surface area contributed by atoms with E-state index in [1.165, 1.54) is 0 Å². The van der Waals surface area contributed by atoms with E-state index in [-0.39, 0.29) is 6.09 Å². The molecule has 0 aromatic heterocycles. The maximum Gasteiger partial charge on any atom is 0.414 e. The minimum atomic E-state index is -0.370. The second kappa shape index (κ2) is 4.54. The van der Waals surface area contributed by atoms with Crippen molar-refractivity contribution in [1.82, 2.24) is 4.90 Å². The topological polar surface area (TPSA) is 46.6 Å². The van der Waals surface area contributed by atoms with E-state index in [9.17, 15) is 9.59 Å². The standard InChI is InChI=1S/C8H11NO3/c10-6-3-7-12-8(11)9-4-1-2-5-9/h3,6-7H,1-2,4-5H2/b7-3-. The van der Waals surface area contributed by atoms with Crippen molar-refractivity contribution in [3.63, 3.8) is 0 Å². The number of rotatable bonds is 2. The molecular formula is C8H11NO3. The number of likely N-dealkylation sites (tertiary alicyclic amines) is 1. The van der Waals surface area contributed by atoms with E-state index in [2.05, 4.69) is 4.74 Å². The Morgan fingerprint density at radius 3 is 2.58 bits per heavy atom. The zero-order valence-electron chi connectivity index (χ0n) is 6.73. The predicted molar refractivity (Wildman–Crippen MR) is 42.5 cm³/mol. The van der Waals surface area contributed by atoms with Gasteiger partial charge in [-0.3, -0.25) is 4.79 Å². The molecule has 1 amide bonds. The average molecular weight is 169 g/mol. The van der Waals surface area contributed by atoms with Crippen LogP contribution in [0.25, 0.3) is 0 Å². The van der Waals surface area contributed by atoms with Crippen molar-refractivity contribution in [3.8, 4) is 0 Å². The smallest absolute Gasteiger partial charge is 0.414 e. The molecule has 12 heavy (non-hydrogen) atoms. The third-order valence-electron chi connectivity index (χ3n) is 1.69. The first-order valence-corrected chi connectivity index (χ1v) is 3.90. The van der Waals surface area contributed by atoms with Crippen molar-refractivity contribution < 1.29 is 14.3 Å². The van der Waals surface area contributed by atoms with Crippen LogP contribution in [-0.2, 0) is 9.53 Å². The van der Waals surface area contributed by atoms with E-state index in [0.717, 1.165) is 38.3 Å². The van der Waals surface area contributed by atoms with Crippen LogP contribution in [0.5, 0.6) is 0 Å². The molecule has 1 aliphatic rings. The number of allylic oxidation sites excluding steroid dienone is 1. The fourth-order valence-corrected chi connectivity index (χ4v) is 1.10. The Bertz CT molecular complexity index is 194. The summed E-state index contributed by atoms with van der Waals surface area (Å²) in [5, 5.41) is 0. The van der Waals surface area contributed by atoms with Crippen LogP contribution in [0.1, 0.15) is 12.8 Å². The summed E-state index contributed by atoms with van der Waals surface area (Å²) in [4.78, 5) is 22.5. The molecule has 66 valence electrons. The Kier molecular flexibility index (Phi) is 3.32. The molecule has 0 atom stereocenters. The summed E-state index contributed by atoms with van der Waals surface area (Å²) in [7, 11) is 0. The fraction of sp³-hybridized carbons (Fsp3) is 0.500.